The predicted molar refractivity (Wildman–Crippen MR) is 82.5 cm³/mol. The van der Waals surface area contributed by atoms with Gasteiger partial charge in [-0.1, -0.05) is 18.7 Å². The van der Waals surface area contributed by atoms with E-state index in [0.29, 0.717) is 5.96 Å². The van der Waals surface area contributed by atoms with Gasteiger partial charge in [-0.25, -0.2) is 0 Å². The molecule has 1 heterocycles. The van der Waals surface area contributed by atoms with E-state index >= 15 is 0 Å². The molecule has 0 aliphatic heterocycles. The summed E-state index contributed by atoms with van der Waals surface area (Å²) in [6, 6.07) is 8.11. The number of nitrogens with two attached hydrogens (primary N) is 1. The Morgan fingerprint density at radius 2 is 2.17 bits per heavy atom. The van der Waals surface area contributed by atoms with Gasteiger partial charge in [0.05, 0.1) is 10.2 Å². The molecular formula is C12H16N4S2. The van der Waals surface area contributed by atoms with E-state index in [1.165, 1.54) is 4.70 Å². The quantitative estimate of drug-likeness (QED) is 0.427. The van der Waals surface area contributed by atoms with Crippen LogP contribution in [-0.2, 0) is 0 Å². The van der Waals surface area contributed by atoms with Crippen molar-refractivity contribution in [2.45, 2.75) is 6.92 Å². The number of guanidine groups is 1. The van der Waals surface area contributed by atoms with Crippen molar-refractivity contribution in [3.8, 4) is 0 Å². The Labute approximate surface area is 115 Å². The maximum absolute atomic E-state index is 5.25. The molecule has 0 radical (unpaired) electrons. The summed E-state index contributed by atoms with van der Waals surface area (Å²) in [5.41, 5.74) is 7.19. The van der Waals surface area contributed by atoms with Crippen molar-refractivity contribution < 1.29 is 0 Å². The molecule has 18 heavy (non-hydrogen) atoms. The normalized spacial score (nSPS) is 10.7. The van der Waals surface area contributed by atoms with Crippen LogP contribution in [0, 0.1) is 3.95 Å². The van der Waals surface area contributed by atoms with Crippen molar-refractivity contribution in [3.63, 3.8) is 0 Å². The van der Waals surface area contributed by atoms with E-state index in [1.807, 2.05) is 25.1 Å². The molecule has 6 heteroatoms. The van der Waals surface area contributed by atoms with Gasteiger partial charge in [0.1, 0.15) is 0 Å². The number of fused-ring (bicyclic) bond motifs is 1. The van der Waals surface area contributed by atoms with Crippen LogP contribution in [-0.4, -0.2) is 18.0 Å². The lowest BCUT2D eigenvalue weighted by molar-refractivity contribution is 1.09. The van der Waals surface area contributed by atoms with Crippen LogP contribution in [0.2, 0.25) is 0 Å². The molecule has 0 spiro atoms. The Morgan fingerprint density at radius 1 is 1.50 bits per heavy atom. The molecule has 0 saturated carbocycles. The summed E-state index contributed by atoms with van der Waals surface area (Å²) >= 11 is 6.59. The average Bonchev–Trinajstić information content (AvgIpc) is 2.68. The average molecular weight is 280 g/mol. The van der Waals surface area contributed by atoms with E-state index < -0.39 is 0 Å². The number of aromatic nitrogens is 1. The third-order valence-electron chi connectivity index (χ3n) is 1.91. The second-order valence-electron chi connectivity index (χ2n) is 3.52. The second kappa shape index (κ2) is 6.93. The molecule has 0 fully saturated rings. The van der Waals surface area contributed by atoms with E-state index in [2.05, 4.69) is 27.9 Å². The zero-order valence-corrected chi connectivity index (χ0v) is 12.0. The van der Waals surface area contributed by atoms with E-state index in [1.54, 1.807) is 18.4 Å². The van der Waals surface area contributed by atoms with Gasteiger partial charge in [0.2, 0.25) is 0 Å². The highest BCUT2D eigenvalue weighted by Gasteiger charge is 1.91. The molecular weight excluding hydrogens is 264 g/mol. The predicted octanol–water partition coefficient (Wildman–Crippen LogP) is 3.01. The lowest BCUT2D eigenvalue weighted by Gasteiger charge is -1.99. The molecule has 4 N–H and O–H groups in total. The molecule has 0 unspecified atom stereocenters. The number of aromatic amines is 1. The van der Waals surface area contributed by atoms with Crippen molar-refractivity contribution in [3.05, 3.63) is 40.5 Å². The van der Waals surface area contributed by atoms with Crippen LogP contribution < -0.4 is 11.1 Å². The molecule has 4 nitrogen and oxygen atoms in total. The molecule has 2 rings (SSSR count). The summed E-state index contributed by atoms with van der Waals surface area (Å²) in [6.45, 7) is 5.39. The van der Waals surface area contributed by atoms with Crippen LogP contribution in [0.5, 0.6) is 0 Å². The summed E-state index contributed by atoms with van der Waals surface area (Å²) in [5, 5.41) is 2.73. The molecule has 0 atom stereocenters. The van der Waals surface area contributed by atoms with Gasteiger partial charge in [-0.3, -0.25) is 4.99 Å². The molecule has 0 aliphatic carbocycles. The number of benzene rings is 1. The lowest BCUT2D eigenvalue weighted by atomic mass is 10.3. The third-order valence-corrected chi connectivity index (χ3v) is 3.12. The summed E-state index contributed by atoms with van der Waals surface area (Å²) in [6.07, 6.45) is 0. The van der Waals surface area contributed by atoms with Gasteiger partial charge in [0.15, 0.2) is 9.91 Å². The maximum atomic E-state index is 5.25. The topological polar surface area (TPSA) is 66.2 Å². The monoisotopic (exact) mass is 280 g/mol. The van der Waals surface area contributed by atoms with Crippen LogP contribution in [0.4, 0.5) is 0 Å². The fourth-order valence-corrected chi connectivity index (χ4v) is 2.28. The van der Waals surface area contributed by atoms with Gasteiger partial charge in [-0.2, -0.15) is 0 Å². The zero-order chi connectivity index (χ0) is 13.5. The minimum atomic E-state index is 0.400. The number of para-hydroxylation sites is 1. The first kappa shape index (κ1) is 14.4. The van der Waals surface area contributed by atoms with E-state index in [4.69, 9.17) is 18.0 Å². The molecule has 96 valence electrons. The molecule has 2 aromatic rings. The Bertz CT molecular complexity index is 574. The largest absolute Gasteiger partial charge is 0.370 e. The molecule has 1 aromatic carbocycles. The standard InChI is InChI=1S/C7H5NS2.C5H11N3/c9-7-8-5-3-1-2-4-6(5)10-7;1-4(2)8-5(6)7-3/h1-4H,(H,8,9);1H2,2-3H3,(H3,6,7,8). The highest BCUT2D eigenvalue weighted by atomic mass is 32.1. The van der Waals surface area contributed by atoms with Gasteiger partial charge >= 0.3 is 0 Å². The van der Waals surface area contributed by atoms with Gasteiger partial charge in [-0.05, 0) is 31.3 Å². The van der Waals surface area contributed by atoms with E-state index in [9.17, 15) is 0 Å². The third kappa shape index (κ3) is 4.68. The number of nitrogens with zero attached hydrogens (tertiary/aromatic N) is 1. The first-order chi connectivity index (χ1) is 8.52. The number of hydrogen-bond donors (Lipinski definition) is 3. The van der Waals surface area contributed by atoms with Crippen LogP contribution in [0.1, 0.15) is 6.92 Å². The van der Waals surface area contributed by atoms with E-state index in [0.717, 1.165) is 15.2 Å². The number of rotatable bonds is 1. The Balaban J connectivity index is 0.000000187. The van der Waals surface area contributed by atoms with Crippen molar-refractivity contribution in [1.29, 1.82) is 0 Å². The number of nitrogens with one attached hydrogen (secondary N) is 2. The van der Waals surface area contributed by atoms with Gasteiger partial charge in [-0.15, -0.1) is 11.3 Å². The Morgan fingerprint density at radius 3 is 2.67 bits per heavy atom. The zero-order valence-electron chi connectivity index (χ0n) is 10.4. The maximum Gasteiger partial charge on any atom is 0.192 e. The summed E-state index contributed by atoms with van der Waals surface area (Å²) in [7, 11) is 1.62. The minimum Gasteiger partial charge on any atom is -0.370 e. The highest BCUT2D eigenvalue weighted by Crippen LogP contribution is 2.17. The second-order valence-corrected chi connectivity index (χ2v) is 5.24. The van der Waals surface area contributed by atoms with Crippen molar-refractivity contribution >= 4 is 39.7 Å². The minimum absolute atomic E-state index is 0.400. The van der Waals surface area contributed by atoms with Gasteiger partial charge in [0.25, 0.3) is 0 Å². The fourth-order valence-electron chi connectivity index (χ4n) is 1.17. The first-order valence-electron chi connectivity index (χ1n) is 5.25. The number of allylic oxidation sites excluding steroid dienone is 1. The fraction of sp³-hybridized carbons (Fsp3) is 0.167. The summed E-state index contributed by atoms with van der Waals surface area (Å²) in [5.74, 6) is 0.400. The number of H-pyrrole nitrogens is 1. The molecule has 0 aliphatic rings. The smallest absolute Gasteiger partial charge is 0.192 e. The number of hydrogen-bond acceptors (Lipinski definition) is 3. The molecule has 1 aromatic heterocycles. The number of aliphatic imine (C=N–C) groups is 1. The molecule has 0 bridgehead atoms. The SMILES string of the molecule is C=C(C)NC(N)=NC.S=c1[nH]c2ccccc2s1. The molecule has 0 amide bonds. The highest BCUT2D eigenvalue weighted by molar-refractivity contribution is 7.73. The van der Waals surface area contributed by atoms with Gasteiger partial charge in [0, 0.05) is 12.7 Å². The van der Waals surface area contributed by atoms with Crippen molar-refractivity contribution in [2.75, 3.05) is 7.05 Å². The Hall–Kier alpha value is -1.66. The number of thiazole rings is 1. The van der Waals surface area contributed by atoms with Crippen LogP contribution >= 0.6 is 23.6 Å². The van der Waals surface area contributed by atoms with Crippen molar-refractivity contribution in [1.82, 2.24) is 10.3 Å². The van der Waals surface area contributed by atoms with Crippen LogP contribution in [0.15, 0.2) is 41.5 Å². The van der Waals surface area contributed by atoms with Crippen molar-refractivity contribution in [2.24, 2.45) is 10.7 Å². The molecule has 0 saturated heterocycles. The Kier molecular flexibility index (Phi) is 5.54. The first-order valence-corrected chi connectivity index (χ1v) is 6.48. The van der Waals surface area contributed by atoms with E-state index in [-0.39, 0.29) is 0 Å². The lowest BCUT2D eigenvalue weighted by Crippen LogP contribution is -2.29. The summed E-state index contributed by atoms with van der Waals surface area (Å²) in [4.78, 5) is 6.74. The van der Waals surface area contributed by atoms with Crippen LogP contribution in [0.25, 0.3) is 10.2 Å². The van der Waals surface area contributed by atoms with Crippen LogP contribution in [0.3, 0.4) is 0 Å². The summed E-state index contributed by atoms with van der Waals surface area (Å²) < 4.78 is 2.08. The van der Waals surface area contributed by atoms with Gasteiger partial charge < -0.3 is 16.0 Å².